The smallest absolute Gasteiger partial charge is 0.249 e. The Balaban J connectivity index is 2.14. The zero-order valence-electron chi connectivity index (χ0n) is 13.2. The summed E-state index contributed by atoms with van der Waals surface area (Å²) in [5.41, 5.74) is 8.28. The summed E-state index contributed by atoms with van der Waals surface area (Å²) in [7, 11) is -3.35. The number of ketones is 1. The molecule has 2 aromatic rings. The molecule has 0 spiro atoms. The number of nitrogens with one attached hydrogen (secondary N) is 1. The van der Waals surface area contributed by atoms with E-state index in [1.165, 1.54) is 23.4 Å². The molecule has 1 aliphatic rings. The Hall–Kier alpha value is -2.52. The van der Waals surface area contributed by atoms with Crippen LogP contribution < -0.4 is 5.73 Å². The number of carbonyl (C=O) groups is 2. The van der Waals surface area contributed by atoms with Crippen molar-refractivity contribution in [3.8, 4) is 11.3 Å². The van der Waals surface area contributed by atoms with Gasteiger partial charge in [0.1, 0.15) is 0 Å². The molecular weight excluding hydrogens is 332 g/mol. The summed E-state index contributed by atoms with van der Waals surface area (Å²) in [6.45, 7) is 1.77. The third-order valence-electron chi connectivity index (χ3n) is 4.04. The van der Waals surface area contributed by atoms with E-state index in [1.54, 1.807) is 6.07 Å². The Morgan fingerprint density at radius 2 is 2.00 bits per heavy atom. The minimum absolute atomic E-state index is 0.155. The summed E-state index contributed by atoms with van der Waals surface area (Å²) in [6.07, 6.45) is 1.14. The second-order valence-corrected chi connectivity index (χ2v) is 7.72. The van der Waals surface area contributed by atoms with Gasteiger partial charge in [-0.15, -0.1) is 0 Å². The van der Waals surface area contributed by atoms with Crippen molar-refractivity contribution >= 4 is 21.7 Å². The fourth-order valence-corrected chi connectivity index (χ4v) is 3.47. The molecule has 3 N–H and O–H groups in total. The number of benzene rings is 1. The number of amides is 1. The quantitative estimate of drug-likeness (QED) is 0.785. The van der Waals surface area contributed by atoms with Gasteiger partial charge in [-0.2, -0.15) is 9.40 Å². The summed E-state index contributed by atoms with van der Waals surface area (Å²) in [6, 6.07) is 4.57. The number of carbonyl (C=O) groups excluding carboxylic acids is 2. The standard InChI is InChI=1S/C15H16N4O4S/c1-8(20)9-3-4-10(15(16)21)11(5-9)14-12-6-19(24(2,22)23)7-13(12)17-18-14/h3-5H,6-7H2,1-2H3,(H2,16,21)(H,17,18). The molecule has 3 rings (SSSR count). The maximum atomic E-state index is 11.7. The molecule has 1 aliphatic heterocycles. The lowest BCUT2D eigenvalue weighted by Crippen LogP contribution is -2.24. The van der Waals surface area contributed by atoms with E-state index >= 15 is 0 Å². The van der Waals surface area contributed by atoms with Crippen LogP contribution >= 0.6 is 0 Å². The average Bonchev–Trinajstić information content (AvgIpc) is 3.05. The van der Waals surface area contributed by atoms with Crippen LogP contribution in [0.15, 0.2) is 18.2 Å². The Morgan fingerprint density at radius 1 is 1.29 bits per heavy atom. The maximum Gasteiger partial charge on any atom is 0.249 e. The van der Waals surface area contributed by atoms with Gasteiger partial charge in [-0.05, 0) is 19.1 Å². The number of aromatic amines is 1. The van der Waals surface area contributed by atoms with Crippen LogP contribution in [0.2, 0.25) is 0 Å². The van der Waals surface area contributed by atoms with E-state index in [2.05, 4.69) is 10.2 Å². The van der Waals surface area contributed by atoms with E-state index in [-0.39, 0.29) is 24.4 Å². The van der Waals surface area contributed by atoms with E-state index in [9.17, 15) is 18.0 Å². The second-order valence-electron chi connectivity index (χ2n) is 5.74. The molecule has 0 radical (unpaired) electrons. The monoisotopic (exact) mass is 348 g/mol. The molecule has 9 heteroatoms. The molecule has 0 saturated heterocycles. The first kappa shape index (κ1) is 16.3. The van der Waals surface area contributed by atoms with Crippen LogP contribution in [0.5, 0.6) is 0 Å². The third-order valence-corrected chi connectivity index (χ3v) is 5.23. The minimum Gasteiger partial charge on any atom is -0.366 e. The zero-order valence-corrected chi connectivity index (χ0v) is 14.0. The molecule has 2 heterocycles. The molecule has 0 unspecified atom stereocenters. The van der Waals surface area contributed by atoms with Gasteiger partial charge in [-0.1, -0.05) is 6.07 Å². The van der Waals surface area contributed by atoms with Crippen LogP contribution in [-0.2, 0) is 23.1 Å². The van der Waals surface area contributed by atoms with E-state index in [0.717, 1.165) is 6.26 Å². The van der Waals surface area contributed by atoms with Crippen LogP contribution in [0, 0.1) is 0 Å². The van der Waals surface area contributed by atoms with Crippen molar-refractivity contribution in [1.29, 1.82) is 0 Å². The Labute approximate surface area is 138 Å². The average molecular weight is 348 g/mol. The summed E-state index contributed by atoms with van der Waals surface area (Å²) in [4.78, 5) is 23.3. The molecular formula is C15H16N4O4S. The van der Waals surface area contributed by atoms with Crippen molar-refractivity contribution in [2.24, 2.45) is 5.73 Å². The van der Waals surface area contributed by atoms with Crippen molar-refractivity contribution < 1.29 is 18.0 Å². The largest absolute Gasteiger partial charge is 0.366 e. The van der Waals surface area contributed by atoms with Gasteiger partial charge >= 0.3 is 0 Å². The number of sulfonamides is 1. The Morgan fingerprint density at radius 3 is 2.58 bits per heavy atom. The molecule has 1 aromatic heterocycles. The number of aromatic nitrogens is 2. The van der Waals surface area contributed by atoms with Crippen LogP contribution in [0.25, 0.3) is 11.3 Å². The molecule has 0 atom stereocenters. The lowest BCUT2D eigenvalue weighted by molar-refractivity contribution is 0.0994. The fraction of sp³-hybridized carbons (Fsp3) is 0.267. The highest BCUT2D eigenvalue weighted by molar-refractivity contribution is 7.88. The van der Waals surface area contributed by atoms with Gasteiger partial charge in [-0.25, -0.2) is 8.42 Å². The molecule has 24 heavy (non-hydrogen) atoms. The highest BCUT2D eigenvalue weighted by atomic mass is 32.2. The Bertz CT molecular complexity index is 962. The molecule has 126 valence electrons. The molecule has 8 nitrogen and oxygen atoms in total. The first-order valence-corrected chi connectivity index (χ1v) is 8.99. The van der Waals surface area contributed by atoms with Gasteiger partial charge in [0.15, 0.2) is 5.78 Å². The van der Waals surface area contributed by atoms with Crippen LogP contribution in [0.3, 0.4) is 0 Å². The number of rotatable bonds is 4. The van der Waals surface area contributed by atoms with Gasteiger partial charge in [0.05, 0.1) is 24.2 Å². The van der Waals surface area contributed by atoms with Crippen molar-refractivity contribution in [2.75, 3.05) is 6.26 Å². The number of nitrogens with two attached hydrogens (primary N) is 1. The third kappa shape index (κ3) is 2.72. The second kappa shape index (κ2) is 5.53. The first-order valence-electron chi connectivity index (χ1n) is 7.15. The predicted octanol–water partition coefficient (Wildman–Crippen LogP) is 0.653. The maximum absolute atomic E-state index is 11.7. The van der Waals surface area contributed by atoms with Crippen molar-refractivity contribution in [3.63, 3.8) is 0 Å². The summed E-state index contributed by atoms with van der Waals surface area (Å²) >= 11 is 0. The zero-order chi connectivity index (χ0) is 17.6. The predicted molar refractivity (Wildman–Crippen MR) is 86.6 cm³/mol. The number of fused-ring (bicyclic) bond motifs is 1. The summed E-state index contributed by atoms with van der Waals surface area (Å²) in [5, 5.41) is 7.01. The van der Waals surface area contributed by atoms with Gasteiger partial charge in [-0.3, -0.25) is 14.7 Å². The molecule has 1 aromatic carbocycles. The van der Waals surface area contributed by atoms with Gasteiger partial charge in [0.2, 0.25) is 15.9 Å². The van der Waals surface area contributed by atoms with Gasteiger partial charge in [0, 0.05) is 28.8 Å². The number of H-pyrrole nitrogens is 1. The van der Waals surface area contributed by atoms with Gasteiger partial charge < -0.3 is 5.73 Å². The SMILES string of the molecule is CC(=O)c1ccc(C(N)=O)c(-c2n[nH]c3c2CN(S(C)(=O)=O)C3)c1. The number of hydrogen-bond donors (Lipinski definition) is 2. The van der Waals surface area contributed by atoms with Crippen molar-refractivity contribution in [3.05, 3.63) is 40.6 Å². The normalized spacial score (nSPS) is 14.6. The van der Waals surface area contributed by atoms with Gasteiger partial charge in [0.25, 0.3) is 0 Å². The van der Waals surface area contributed by atoms with E-state index in [0.29, 0.717) is 28.1 Å². The molecule has 0 aliphatic carbocycles. The fourth-order valence-electron chi connectivity index (χ4n) is 2.74. The summed E-state index contributed by atoms with van der Waals surface area (Å²) < 4.78 is 24.8. The number of Topliss-reactive ketones (excluding diaryl/α,β-unsaturated/α-hetero) is 1. The number of hydrogen-bond acceptors (Lipinski definition) is 5. The van der Waals surface area contributed by atoms with Crippen molar-refractivity contribution in [1.82, 2.24) is 14.5 Å². The van der Waals surface area contributed by atoms with Crippen LogP contribution in [0.1, 0.15) is 38.9 Å². The lowest BCUT2D eigenvalue weighted by atomic mass is 9.97. The van der Waals surface area contributed by atoms with Crippen LogP contribution in [0.4, 0.5) is 0 Å². The highest BCUT2D eigenvalue weighted by Gasteiger charge is 2.31. The number of primary amides is 1. The van der Waals surface area contributed by atoms with E-state index < -0.39 is 15.9 Å². The lowest BCUT2D eigenvalue weighted by Gasteiger charge is -2.12. The van der Waals surface area contributed by atoms with Crippen LogP contribution in [-0.4, -0.2) is 40.9 Å². The molecule has 0 bridgehead atoms. The molecule has 1 amide bonds. The van der Waals surface area contributed by atoms with Crippen molar-refractivity contribution in [2.45, 2.75) is 20.0 Å². The number of nitrogens with zero attached hydrogens (tertiary/aromatic N) is 2. The van der Waals surface area contributed by atoms with E-state index in [4.69, 9.17) is 5.73 Å². The van der Waals surface area contributed by atoms with E-state index in [1.807, 2.05) is 0 Å². The first-order chi connectivity index (χ1) is 11.2. The molecule has 0 saturated carbocycles. The summed E-state index contributed by atoms with van der Waals surface area (Å²) in [5.74, 6) is -0.799. The Kier molecular flexibility index (Phi) is 3.77. The highest BCUT2D eigenvalue weighted by Crippen LogP contribution is 2.34. The topological polar surface area (TPSA) is 126 Å². The minimum atomic E-state index is -3.35. The molecule has 0 fully saturated rings.